The first-order valence-corrected chi connectivity index (χ1v) is 38.1. The third-order valence-electron chi connectivity index (χ3n) is 20.9. The third-order valence-corrected chi connectivity index (χ3v) is 21.6. The lowest BCUT2D eigenvalue weighted by Crippen LogP contribution is -2.05. The van der Waals surface area contributed by atoms with E-state index in [9.17, 15) is 14.4 Å². The van der Waals surface area contributed by atoms with Crippen LogP contribution in [0.4, 0.5) is 0 Å². The van der Waals surface area contributed by atoms with Gasteiger partial charge in [-0.1, -0.05) is 303 Å². The molecule has 0 fully saturated rings. The largest absolute Gasteiger partial charge is 0.455 e. The van der Waals surface area contributed by atoms with Crippen LogP contribution in [0.5, 0.6) is 0 Å². The molecule has 3 aromatic heterocycles. The number of benzene rings is 15. The van der Waals surface area contributed by atoms with Gasteiger partial charge >= 0.3 is 0 Å². The predicted octanol–water partition coefficient (Wildman–Crippen LogP) is 29.2. The quantitative estimate of drug-likeness (QED) is 0.113. The SMILES string of the molecule is Cc1ccc(C(=O)c2c(-c3ccc(C)cc3)cc(-c3ccc(C)cc3)c3oc4ccc(Cl)cc4c23)cc1.Cc1ccc(C(=O)c2c(-c3ccc(C)cc3)cc(-c3ccc(C)cc3)c3oc4ccc(Cl)cc4c23)cc1.Cc1ccc(C(=O)c2c(-c3ccc(C)cc3)cc(-c3ccc(C)cc3)c3oc4ccc(Cl)cc4c23)cc1. The zero-order valence-corrected chi connectivity index (χ0v) is 65.1. The summed E-state index contributed by atoms with van der Waals surface area (Å²) in [5, 5.41) is 6.66. The number of hydrogen-bond acceptors (Lipinski definition) is 6. The van der Waals surface area contributed by atoms with Crippen molar-refractivity contribution in [3.8, 4) is 66.8 Å². The van der Waals surface area contributed by atoms with Crippen LogP contribution in [0, 0.1) is 62.3 Å². The zero-order valence-electron chi connectivity index (χ0n) is 62.8. The molecule has 6 nitrogen and oxygen atoms in total. The lowest BCUT2D eigenvalue weighted by molar-refractivity contribution is 0.103. The van der Waals surface area contributed by atoms with Crippen LogP contribution in [0.25, 0.3) is 133 Å². The summed E-state index contributed by atoms with van der Waals surface area (Å²) in [6.45, 7) is 18.5. The first-order valence-electron chi connectivity index (χ1n) is 37.0. The van der Waals surface area contributed by atoms with Crippen molar-refractivity contribution < 1.29 is 27.6 Å². The van der Waals surface area contributed by atoms with E-state index in [-0.39, 0.29) is 17.3 Å². The van der Waals surface area contributed by atoms with Gasteiger partial charge in [0.1, 0.15) is 33.5 Å². The van der Waals surface area contributed by atoms with E-state index >= 15 is 0 Å². The number of halogens is 3. The molecule has 0 N–H and O–H groups in total. The Morgan fingerprint density at radius 3 is 0.595 bits per heavy atom. The Bertz CT molecular complexity index is 6020. The third kappa shape index (κ3) is 14.4. The maximum absolute atomic E-state index is 14.3. The number of furan rings is 3. The molecule has 0 saturated carbocycles. The summed E-state index contributed by atoms with van der Waals surface area (Å²) < 4.78 is 19.4. The number of hydrogen-bond donors (Lipinski definition) is 0. The molecule has 0 amide bonds. The molecule has 9 heteroatoms. The maximum Gasteiger partial charge on any atom is 0.194 e. The molecule has 540 valence electrons. The van der Waals surface area contributed by atoms with Crippen LogP contribution in [0.15, 0.2) is 304 Å². The van der Waals surface area contributed by atoms with Gasteiger partial charge in [-0.2, -0.15) is 0 Å². The molecule has 3 heterocycles. The van der Waals surface area contributed by atoms with E-state index in [0.717, 1.165) is 132 Å². The van der Waals surface area contributed by atoms with Crippen molar-refractivity contribution in [2.45, 2.75) is 62.3 Å². The van der Waals surface area contributed by atoms with Gasteiger partial charge in [0.15, 0.2) is 17.3 Å². The van der Waals surface area contributed by atoms with Crippen molar-refractivity contribution in [3.05, 3.63) is 390 Å². The zero-order chi connectivity index (χ0) is 77.0. The molecule has 18 rings (SSSR count). The molecule has 0 bridgehead atoms. The molecule has 0 aliphatic rings. The molecule has 18 aromatic rings. The molecule has 15 aromatic carbocycles. The van der Waals surface area contributed by atoms with Gasteiger partial charge in [0.25, 0.3) is 0 Å². The minimum Gasteiger partial charge on any atom is -0.455 e. The smallest absolute Gasteiger partial charge is 0.194 e. The molecule has 0 aliphatic heterocycles. The lowest BCUT2D eigenvalue weighted by atomic mass is 9.86. The molecule has 0 radical (unpaired) electrons. The fourth-order valence-corrected chi connectivity index (χ4v) is 15.3. The number of aryl methyl sites for hydroxylation is 9. The van der Waals surface area contributed by atoms with Gasteiger partial charge < -0.3 is 13.3 Å². The standard InChI is InChI=1S/3C34H25ClO2/c3*1-20-4-10-23(11-5-20)27-19-28(24-12-6-21(2)7-13-24)34-32(29-18-26(35)16-17-30(29)37-34)31(27)33(36)25-14-8-22(3)9-15-25/h3*4-19H,1-3H3. The average molecular weight is 1500 g/mol. The summed E-state index contributed by atoms with van der Waals surface area (Å²) >= 11 is 19.4. The van der Waals surface area contributed by atoms with E-state index in [0.29, 0.717) is 81.9 Å². The minimum absolute atomic E-state index is 0.0429. The second-order valence-corrected chi connectivity index (χ2v) is 30.5. The fraction of sp³-hybridized carbons (Fsp3) is 0.0882. The van der Waals surface area contributed by atoms with Gasteiger partial charge in [-0.15, -0.1) is 0 Å². The Kier molecular flexibility index (Phi) is 19.8. The minimum atomic E-state index is -0.0429. The fourth-order valence-electron chi connectivity index (χ4n) is 14.8. The lowest BCUT2D eigenvalue weighted by Gasteiger charge is -2.15. The first kappa shape index (κ1) is 72.8. The summed E-state index contributed by atoms with van der Waals surface area (Å²) in [5.74, 6) is -0.129. The monoisotopic (exact) mass is 1500 g/mol. The first-order chi connectivity index (χ1) is 53.7. The van der Waals surface area contributed by atoms with E-state index in [1.54, 1.807) is 0 Å². The number of carbonyl (C=O) groups excluding carboxylic acids is 3. The van der Waals surface area contributed by atoms with E-state index < -0.39 is 0 Å². The van der Waals surface area contributed by atoms with E-state index in [4.69, 9.17) is 48.1 Å². The molecule has 111 heavy (non-hydrogen) atoms. The summed E-state index contributed by atoms with van der Waals surface area (Å²) in [6.07, 6.45) is 0. The van der Waals surface area contributed by atoms with Crippen molar-refractivity contribution in [2.75, 3.05) is 0 Å². The van der Waals surface area contributed by atoms with Crippen molar-refractivity contribution in [2.24, 2.45) is 0 Å². The summed E-state index contributed by atoms with van der Waals surface area (Å²) in [7, 11) is 0. The highest BCUT2D eigenvalue weighted by Crippen LogP contribution is 2.49. The van der Waals surface area contributed by atoms with Crippen LogP contribution in [0.1, 0.15) is 97.8 Å². The second-order valence-electron chi connectivity index (χ2n) is 29.2. The Labute approximate surface area is 659 Å². The van der Waals surface area contributed by atoms with Gasteiger partial charge in [-0.05, 0) is 185 Å². The summed E-state index contributed by atoms with van der Waals surface area (Å²) in [6, 6.07) is 96.4. The van der Waals surface area contributed by atoms with Crippen molar-refractivity contribution in [3.63, 3.8) is 0 Å². The molecule has 0 aliphatic carbocycles. The second kappa shape index (κ2) is 30.2. The van der Waals surface area contributed by atoms with Gasteiger partial charge in [-0.25, -0.2) is 0 Å². The van der Waals surface area contributed by atoms with E-state index in [1.807, 2.05) is 148 Å². The van der Waals surface area contributed by atoms with Gasteiger partial charge in [0.2, 0.25) is 0 Å². The molecular weight excluding hydrogens is 1430 g/mol. The van der Waals surface area contributed by atoms with Crippen LogP contribution in [0.3, 0.4) is 0 Å². The Morgan fingerprint density at radius 2 is 0.396 bits per heavy atom. The predicted molar refractivity (Wildman–Crippen MR) is 461 cm³/mol. The summed E-state index contributed by atoms with van der Waals surface area (Å²) in [5.41, 5.74) is 29.8. The Balaban J connectivity index is 0.000000126. The van der Waals surface area contributed by atoms with Crippen LogP contribution in [-0.2, 0) is 0 Å². The molecule has 0 spiro atoms. The Morgan fingerprint density at radius 1 is 0.216 bits per heavy atom. The van der Waals surface area contributed by atoms with Crippen LogP contribution >= 0.6 is 34.8 Å². The molecule has 0 atom stereocenters. The molecule has 0 unspecified atom stereocenters. The van der Waals surface area contributed by atoms with Gasteiger partial charge in [-0.3, -0.25) is 14.4 Å². The van der Waals surface area contributed by atoms with Crippen molar-refractivity contribution in [1.29, 1.82) is 0 Å². The van der Waals surface area contributed by atoms with E-state index in [2.05, 4.69) is 205 Å². The van der Waals surface area contributed by atoms with Crippen LogP contribution in [0.2, 0.25) is 15.1 Å². The highest BCUT2D eigenvalue weighted by atomic mass is 35.5. The van der Waals surface area contributed by atoms with Crippen molar-refractivity contribution in [1.82, 2.24) is 0 Å². The highest BCUT2D eigenvalue weighted by molar-refractivity contribution is 6.35. The maximum atomic E-state index is 14.3. The number of carbonyl (C=O) groups is 3. The highest BCUT2D eigenvalue weighted by Gasteiger charge is 2.30. The van der Waals surface area contributed by atoms with Gasteiger partial charge in [0, 0.05) is 97.5 Å². The summed E-state index contributed by atoms with van der Waals surface area (Å²) in [4.78, 5) is 42.8. The molecular formula is C102H75Cl3O6. The normalized spacial score (nSPS) is 11.4. The molecule has 0 saturated heterocycles. The average Bonchev–Trinajstić information content (AvgIpc) is 1.62. The van der Waals surface area contributed by atoms with Crippen molar-refractivity contribution >= 4 is 118 Å². The van der Waals surface area contributed by atoms with Gasteiger partial charge in [0.05, 0.1) is 0 Å². The number of fused-ring (bicyclic) bond motifs is 9. The topological polar surface area (TPSA) is 90.6 Å². The van der Waals surface area contributed by atoms with E-state index in [1.165, 1.54) is 16.7 Å². The van der Waals surface area contributed by atoms with Crippen LogP contribution in [-0.4, -0.2) is 17.3 Å². The van der Waals surface area contributed by atoms with Crippen LogP contribution < -0.4 is 0 Å². The number of rotatable bonds is 12. The number of ketones is 3. The Hall–Kier alpha value is -12.4.